The van der Waals surface area contributed by atoms with Gasteiger partial charge in [0.1, 0.15) is 5.76 Å². The van der Waals surface area contributed by atoms with Crippen LogP contribution in [0.1, 0.15) is 62.0 Å². The Morgan fingerprint density at radius 1 is 1.35 bits per heavy atom. The van der Waals surface area contributed by atoms with E-state index in [0.29, 0.717) is 11.8 Å². The van der Waals surface area contributed by atoms with Crippen LogP contribution in [0.5, 0.6) is 0 Å². The number of ether oxygens (including phenoxy) is 1. The maximum atomic E-state index is 5.60. The molecule has 1 fully saturated rings. The third-order valence-corrected chi connectivity index (χ3v) is 3.52. The van der Waals surface area contributed by atoms with Gasteiger partial charge in [-0.05, 0) is 30.8 Å². The quantitative estimate of drug-likeness (QED) is 0.801. The van der Waals surface area contributed by atoms with Gasteiger partial charge in [0.25, 0.3) is 0 Å². The summed E-state index contributed by atoms with van der Waals surface area (Å²) in [5.41, 5.74) is 3.80. The van der Waals surface area contributed by atoms with Crippen LogP contribution in [0.4, 0.5) is 0 Å². The standard InChI is InChI=1S/C14H19NO2/c1-9(2)13-12(10-5-7-16-8-6-10)14(17-15-13)11-3-4-11/h5,9,11H,3-4,6-8H2,1-2H3. The van der Waals surface area contributed by atoms with Crippen LogP contribution in [0.2, 0.25) is 0 Å². The molecule has 0 aromatic carbocycles. The number of aromatic nitrogens is 1. The van der Waals surface area contributed by atoms with Gasteiger partial charge in [-0.2, -0.15) is 0 Å². The highest BCUT2D eigenvalue weighted by atomic mass is 16.5. The summed E-state index contributed by atoms with van der Waals surface area (Å²) in [5, 5.41) is 4.30. The molecule has 0 radical (unpaired) electrons. The van der Waals surface area contributed by atoms with Crippen molar-refractivity contribution < 1.29 is 9.26 Å². The zero-order chi connectivity index (χ0) is 11.8. The molecule has 2 heterocycles. The Hall–Kier alpha value is -1.09. The number of hydrogen-bond donors (Lipinski definition) is 0. The van der Waals surface area contributed by atoms with Crippen LogP contribution < -0.4 is 0 Å². The van der Waals surface area contributed by atoms with Crippen LogP contribution in [-0.2, 0) is 4.74 Å². The van der Waals surface area contributed by atoms with Gasteiger partial charge >= 0.3 is 0 Å². The Bertz CT molecular complexity index is 422. The van der Waals surface area contributed by atoms with Crippen molar-refractivity contribution in [2.45, 2.75) is 44.9 Å². The van der Waals surface area contributed by atoms with Crippen LogP contribution in [-0.4, -0.2) is 18.4 Å². The number of nitrogens with zero attached hydrogens (tertiary/aromatic N) is 1. The van der Waals surface area contributed by atoms with Crippen LogP contribution in [0.15, 0.2) is 10.6 Å². The highest BCUT2D eigenvalue weighted by Crippen LogP contribution is 2.45. The molecule has 0 bridgehead atoms. The molecule has 1 aliphatic heterocycles. The second kappa shape index (κ2) is 4.30. The molecule has 2 aliphatic rings. The van der Waals surface area contributed by atoms with Crippen molar-refractivity contribution >= 4 is 5.57 Å². The summed E-state index contributed by atoms with van der Waals surface area (Å²) in [4.78, 5) is 0. The molecular weight excluding hydrogens is 214 g/mol. The summed E-state index contributed by atoms with van der Waals surface area (Å²) in [6.45, 7) is 5.90. The molecule has 3 nitrogen and oxygen atoms in total. The van der Waals surface area contributed by atoms with Crippen molar-refractivity contribution in [2.75, 3.05) is 13.2 Å². The fourth-order valence-corrected chi connectivity index (χ4v) is 2.41. The zero-order valence-electron chi connectivity index (χ0n) is 10.5. The van der Waals surface area contributed by atoms with Gasteiger partial charge in [-0.1, -0.05) is 25.1 Å². The Morgan fingerprint density at radius 3 is 2.76 bits per heavy atom. The largest absolute Gasteiger partial charge is 0.377 e. The van der Waals surface area contributed by atoms with Crippen molar-refractivity contribution in [3.05, 3.63) is 23.1 Å². The van der Waals surface area contributed by atoms with Gasteiger partial charge in [-0.15, -0.1) is 0 Å². The first-order valence-corrected chi connectivity index (χ1v) is 6.54. The molecule has 1 saturated carbocycles. The van der Waals surface area contributed by atoms with Crippen LogP contribution in [0, 0.1) is 0 Å². The second-order valence-electron chi connectivity index (χ2n) is 5.29. The van der Waals surface area contributed by atoms with E-state index in [-0.39, 0.29) is 0 Å². The van der Waals surface area contributed by atoms with E-state index >= 15 is 0 Å². The van der Waals surface area contributed by atoms with Gasteiger partial charge in [-0.25, -0.2) is 0 Å². The average molecular weight is 233 g/mol. The van der Waals surface area contributed by atoms with Gasteiger partial charge in [0.15, 0.2) is 0 Å². The maximum Gasteiger partial charge on any atom is 0.147 e. The first-order valence-electron chi connectivity index (χ1n) is 6.54. The molecule has 0 amide bonds. The molecule has 0 atom stereocenters. The topological polar surface area (TPSA) is 35.3 Å². The van der Waals surface area contributed by atoms with Crippen LogP contribution >= 0.6 is 0 Å². The fraction of sp³-hybridized carbons (Fsp3) is 0.643. The van der Waals surface area contributed by atoms with E-state index in [1.807, 2.05) is 0 Å². The molecule has 0 unspecified atom stereocenters. The first-order chi connectivity index (χ1) is 8.27. The lowest BCUT2D eigenvalue weighted by molar-refractivity contribution is 0.161. The number of rotatable bonds is 3. The number of hydrogen-bond acceptors (Lipinski definition) is 3. The second-order valence-corrected chi connectivity index (χ2v) is 5.29. The highest BCUT2D eigenvalue weighted by Gasteiger charge is 2.34. The molecule has 3 rings (SSSR count). The van der Waals surface area contributed by atoms with E-state index < -0.39 is 0 Å². The van der Waals surface area contributed by atoms with E-state index in [9.17, 15) is 0 Å². The summed E-state index contributed by atoms with van der Waals surface area (Å²) in [7, 11) is 0. The molecule has 3 heteroatoms. The smallest absolute Gasteiger partial charge is 0.147 e. The fourth-order valence-electron chi connectivity index (χ4n) is 2.41. The third kappa shape index (κ3) is 2.04. The zero-order valence-corrected chi connectivity index (χ0v) is 10.5. The average Bonchev–Trinajstić information content (AvgIpc) is 3.08. The predicted octanol–water partition coefficient (Wildman–Crippen LogP) is 3.48. The molecule has 0 saturated heterocycles. The summed E-state index contributed by atoms with van der Waals surface area (Å²) < 4.78 is 11.0. The van der Waals surface area contributed by atoms with E-state index in [1.54, 1.807) is 0 Å². The van der Waals surface area contributed by atoms with Crippen molar-refractivity contribution in [1.82, 2.24) is 5.16 Å². The predicted molar refractivity (Wildman–Crippen MR) is 66.0 cm³/mol. The Labute approximate surface area is 102 Å². The van der Waals surface area contributed by atoms with Crippen molar-refractivity contribution in [1.29, 1.82) is 0 Å². The lowest BCUT2D eigenvalue weighted by Gasteiger charge is -2.15. The minimum Gasteiger partial charge on any atom is -0.377 e. The van der Waals surface area contributed by atoms with Crippen LogP contribution in [0.3, 0.4) is 0 Å². The van der Waals surface area contributed by atoms with Gasteiger partial charge in [0, 0.05) is 11.5 Å². The molecule has 1 aromatic heterocycles. The SMILES string of the molecule is CC(C)c1noc(C2CC2)c1C1=CCOCC1. The van der Waals surface area contributed by atoms with Gasteiger partial charge in [0.2, 0.25) is 0 Å². The van der Waals surface area contributed by atoms with Crippen molar-refractivity contribution in [2.24, 2.45) is 0 Å². The molecule has 1 aromatic rings. The van der Waals surface area contributed by atoms with Gasteiger partial charge in [0.05, 0.1) is 18.9 Å². The lowest BCUT2D eigenvalue weighted by atomic mass is 9.93. The summed E-state index contributed by atoms with van der Waals surface area (Å²) >= 11 is 0. The first kappa shape index (κ1) is 11.0. The van der Waals surface area contributed by atoms with E-state index in [1.165, 1.54) is 24.0 Å². The molecular formula is C14H19NO2. The van der Waals surface area contributed by atoms with E-state index in [0.717, 1.165) is 31.1 Å². The molecule has 0 N–H and O–H groups in total. The minimum atomic E-state index is 0.421. The molecule has 0 spiro atoms. The van der Waals surface area contributed by atoms with E-state index in [2.05, 4.69) is 25.1 Å². The summed E-state index contributed by atoms with van der Waals surface area (Å²) in [6, 6.07) is 0. The molecule has 92 valence electrons. The van der Waals surface area contributed by atoms with Crippen molar-refractivity contribution in [3.8, 4) is 0 Å². The normalized spacial score (nSPS) is 20.8. The Morgan fingerprint density at radius 2 is 2.18 bits per heavy atom. The van der Waals surface area contributed by atoms with E-state index in [4.69, 9.17) is 9.26 Å². The van der Waals surface area contributed by atoms with Crippen molar-refractivity contribution in [3.63, 3.8) is 0 Å². The monoisotopic (exact) mass is 233 g/mol. The molecule has 17 heavy (non-hydrogen) atoms. The van der Waals surface area contributed by atoms with Gasteiger partial charge in [-0.3, -0.25) is 0 Å². The Kier molecular flexibility index (Phi) is 2.79. The summed E-state index contributed by atoms with van der Waals surface area (Å²) in [5.74, 6) is 2.17. The Balaban J connectivity index is 2.04. The minimum absolute atomic E-state index is 0.421. The van der Waals surface area contributed by atoms with Gasteiger partial charge < -0.3 is 9.26 Å². The third-order valence-electron chi connectivity index (χ3n) is 3.52. The maximum absolute atomic E-state index is 5.60. The lowest BCUT2D eigenvalue weighted by Crippen LogP contribution is -2.06. The summed E-state index contributed by atoms with van der Waals surface area (Å²) in [6.07, 6.45) is 5.68. The molecule has 1 aliphatic carbocycles. The van der Waals surface area contributed by atoms with Crippen LogP contribution in [0.25, 0.3) is 5.57 Å². The highest BCUT2D eigenvalue weighted by molar-refractivity contribution is 5.70.